The quantitative estimate of drug-likeness (QED) is 0.661. The Morgan fingerprint density at radius 2 is 2.27 bits per heavy atom. The lowest BCUT2D eigenvalue weighted by atomic mass is 10.1. The van der Waals surface area contributed by atoms with Gasteiger partial charge in [0.2, 0.25) is 5.91 Å². The summed E-state index contributed by atoms with van der Waals surface area (Å²) >= 11 is 0. The molecule has 0 N–H and O–H groups in total. The number of fused-ring (bicyclic) bond motifs is 1. The fourth-order valence-electron chi connectivity index (χ4n) is 2.74. The lowest BCUT2D eigenvalue weighted by Gasteiger charge is -2.42. The molecule has 2 atom stereocenters. The van der Waals surface area contributed by atoms with E-state index in [2.05, 4.69) is 11.8 Å². The molecule has 1 amide bonds. The normalized spacial score (nSPS) is 31.7. The fourth-order valence-corrected chi connectivity index (χ4v) is 2.74. The molecule has 0 spiro atoms. The van der Waals surface area contributed by atoms with Crippen molar-refractivity contribution in [2.24, 2.45) is 0 Å². The van der Waals surface area contributed by atoms with Gasteiger partial charge in [0.05, 0.1) is 0 Å². The second-order valence-corrected chi connectivity index (χ2v) is 4.62. The van der Waals surface area contributed by atoms with Crippen molar-refractivity contribution in [2.45, 2.75) is 31.8 Å². The number of hydrogen-bond acceptors (Lipinski definition) is 3. The van der Waals surface area contributed by atoms with Crippen LogP contribution in [0.15, 0.2) is 0 Å². The first-order valence-corrected chi connectivity index (χ1v) is 5.75. The second-order valence-electron chi connectivity index (χ2n) is 4.62. The van der Waals surface area contributed by atoms with Gasteiger partial charge in [-0.2, -0.15) is 0 Å². The van der Waals surface area contributed by atoms with E-state index in [4.69, 9.17) is 4.74 Å². The molecule has 0 bridgehead atoms. The van der Waals surface area contributed by atoms with Crippen LogP contribution in [0.4, 0.5) is 0 Å². The number of piperazine rings is 1. The van der Waals surface area contributed by atoms with Crippen LogP contribution in [0.3, 0.4) is 0 Å². The van der Waals surface area contributed by atoms with E-state index in [0.29, 0.717) is 12.1 Å². The molecule has 0 saturated carbocycles. The van der Waals surface area contributed by atoms with E-state index in [9.17, 15) is 4.79 Å². The minimum absolute atomic E-state index is 0.136. The number of hydrogen-bond donors (Lipinski definition) is 0. The van der Waals surface area contributed by atoms with Gasteiger partial charge in [0, 0.05) is 32.3 Å². The minimum atomic E-state index is 0.136. The number of carbonyl (C=O) groups excluding carboxylic acids is 1. The van der Waals surface area contributed by atoms with Crippen LogP contribution in [0.2, 0.25) is 0 Å². The molecule has 0 aromatic rings. The van der Waals surface area contributed by atoms with E-state index in [1.807, 2.05) is 4.90 Å². The number of carbonyl (C=O) groups is 1. The molecule has 2 saturated heterocycles. The van der Waals surface area contributed by atoms with Gasteiger partial charge in [-0.1, -0.05) is 0 Å². The molecular weight excluding hydrogens is 192 g/mol. The zero-order valence-corrected chi connectivity index (χ0v) is 9.61. The van der Waals surface area contributed by atoms with E-state index in [0.717, 1.165) is 13.1 Å². The van der Waals surface area contributed by atoms with Crippen molar-refractivity contribution in [1.29, 1.82) is 0 Å². The standard InChI is InChI=1S/C11H20N2O2/c1-9-6-12-5-3-4-10(12)7-13(9)11(14)8-15-2/h9-10H,3-8H2,1-2H3. The minimum Gasteiger partial charge on any atom is -0.375 e. The van der Waals surface area contributed by atoms with E-state index >= 15 is 0 Å². The van der Waals surface area contributed by atoms with Crippen LogP contribution >= 0.6 is 0 Å². The smallest absolute Gasteiger partial charge is 0.248 e. The van der Waals surface area contributed by atoms with Crippen LogP contribution in [0.5, 0.6) is 0 Å². The van der Waals surface area contributed by atoms with Gasteiger partial charge in [-0.25, -0.2) is 0 Å². The van der Waals surface area contributed by atoms with Crippen LogP contribution in [-0.2, 0) is 9.53 Å². The molecule has 4 nitrogen and oxygen atoms in total. The van der Waals surface area contributed by atoms with E-state index in [1.54, 1.807) is 7.11 Å². The topological polar surface area (TPSA) is 32.8 Å². The Labute approximate surface area is 91.2 Å². The molecule has 2 heterocycles. The van der Waals surface area contributed by atoms with Crippen molar-refractivity contribution in [2.75, 3.05) is 33.4 Å². The maximum Gasteiger partial charge on any atom is 0.248 e. The van der Waals surface area contributed by atoms with Crippen molar-refractivity contribution < 1.29 is 9.53 Å². The predicted molar refractivity (Wildman–Crippen MR) is 57.6 cm³/mol. The maximum absolute atomic E-state index is 11.8. The molecule has 86 valence electrons. The summed E-state index contributed by atoms with van der Waals surface area (Å²) in [5, 5.41) is 0. The van der Waals surface area contributed by atoms with Crippen LogP contribution < -0.4 is 0 Å². The number of methoxy groups -OCH3 is 1. The molecule has 2 aliphatic heterocycles. The SMILES string of the molecule is COCC(=O)N1CC2CCCN2CC1C. The Hall–Kier alpha value is -0.610. The van der Waals surface area contributed by atoms with Crippen LogP contribution in [0.1, 0.15) is 19.8 Å². The monoisotopic (exact) mass is 212 g/mol. The summed E-state index contributed by atoms with van der Waals surface area (Å²) in [5.74, 6) is 0.136. The molecule has 2 rings (SSSR count). The van der Waals surface area contributed by atoms with Crippen molar-refractivity contribution in [3.8, 4) is 0 Å². The highest BCUT2D eigenvalue weighted by atomic mass is 16.5. The zero-order chi connectivity index (χ0) is 10.8. The van der Waals surface area contributed by atoms with E-state index in [1.165, 1.54) is 19.4 Å². The average Bonchev–Trinajstić information content (AvgIpc) is 2.63. The second kappa shape index (κ2) is 4.49. The first kappa shape index (κ1) is 10.9. The highest BCUT2D eigenvalue weighted by Gasteiger charge is 2.36. The van der Waals surface area contributed by atoms with Crippen LogP contribution in [-0.4, -0.2) is 61.1 Å². The summed E-state index contributed by atoms with van der Waals surface area (Å²) in [6, 6.07) is 0.934. The summed E-state index contributed by atoms with van der Waals surface area (Å²) in [6.45, 7) is 5.48. The number of ether oxygens (including phenoxy) is 1. The third-order valence-electron chi connectivity index (χ3n) is 3.53. The summed E-state index contributed by atoms with van der Waals surface area (Å²) in [7, 11) is 1.58. The van der Waals surface area contributed by atoms with E-state index in [-0.39, 0.29) is 12.5 Å². The third kappa shape index (κ3) is 2.16. The lowest BCUT2D eigenvalue weighted by molar-refractivity contribution is -0.140. The Morgan fingerprint density at radius 3 is 3.00 bits per heavy atom. The van der Waals surface area contributed by atoms with Crippen molar-refractivity contribution in [3.63, 3.8) is 0 Å². The largest absolute Gasteiger partial charge is 0.375 e. The Kier molecular flexibility index (Phi) is 3.26. The van der Waals surface area contributed by atoms with Crippen LogP contribution in [0.25, 0.3) is 0 Å². The summed E-state index contributed by atoms with van der Waals surface area (Å²) in [4.78, 5) is 16.3. The molecule has 0 aromatic carbocycles. The molecular formula is C11H20N2O2. The Morgan fingerprint density at radius 1 is 1.47 bits per heavy atom. The summed E-state index contributed by atoms with van der Waals surface area (Å²) in [5.41, 5.74) is 0. The van der Waals surface area contributed by atoms with Gasteiger partial charge in [0.25, 0.3) is 0 Å². The Bertz CT molecular complexity index is 245. The molecule has 2 unspecified atom stereocenters. The van der Waals surface area contributed by atoms with Gasteiger partial charge in [0.15, 0.2) is 0 Å². The number of nitrogens with zero attached hydrogens (tertiary/aromatic N) is 2. The maximum atomic E-state index is 11.8. The molecule has 0 aromatic heterocycles. The Balaban J connectivity index is 1.97. The van der Waals surface area contributed by atoms with Gasteiger partial charge in [-0.3, -0.25) is 9.69 Å². The van der Waals surface area contributed by atoms with Gasteiger partial charge < -0.3 is 9.64 Å². The zero-order valence-electron chi connectivity index (χ0n) is 9.61. The van der Waals surface area contributed by atoms with Crippen molar-refractivity contribution in [1.82, 2.24) is 9.80 Å². The van der Waals surface area contributed by atoms with Crippen molar-refractivity contribution in [3.05, 3.63) is 0 Å². The van der Waals surface area contributed by atoms with Gasteiger partial charge >= 0.3 is 0 Å². The summed E-state index contributed by atoms with van der Waals surface area (Å²) < 4.78 is 4.91. The van der Waals surface area contributed by atoms with E-state index < -0.39 is 0 Å². The highest BCUT2D eigenvalue weighted by Crippen LogP contribution is 2.24. The third-order valence-corrected chi connectivity index (χ3v) is 3.53. The molecule has 15 heavy (non-hydrogen) atoms. The number of amides is 1. The molecule has 4 heteroatoms. The van der Waals surface area contributed by atoms with Gasteiger partial charge in [-0.15, -0.1) is 0 Å². The van der Waals surface area contributed by atoms with Crippen molar-refractivity contribution >= 4 is 5.91 Å². The molecule has 2 aliphatic rings. The van der Waals surface area contributed by atoms with Gasteiger partial charge in [0.1, 0.15) is 6.61 Å². The van der Waals surface area contributed by atoms with Crippen LogP contribution in [0, 0.1) is 0 Å². The predicted octanol–water partition coefficient (Wildman–Crippen LogP) is 0.328. The summed E-state index contributed by atoms with van der Waals surface area (Å²) in [6.07, 6.45) is 2.52. The fraction of sp³-hybridized carbons (Fsp3) is 0.909. The molecule has 2 fully saturated rings. The number of rotatable bonds is 2. The first-order chi connectivity index (χ1) is 7.22. The van der Waals surface area contributed by atoms with Gasteiger partial charge in [-0.05, 0) is 26.3 Å². The highest BCUT2D eigenvalue weighted by molar-refractivity contribution is 5.78. The molecule has 0 aliphatic carbocycles. The lowest BCUT2D eigenvalue weighted by Crippen LogP contribution is -2.57. The molecule has 0 radical (unpaired) electrons. The average molecular weight is 212 g/mol. The first-order valence-electron chi connectivity index (χ1n) is 5.75.